The summed E-state index contributed by atoms with van der Waals surface area (Å²) in [6, 6.07) is 11.0. The summed E-state index contributed by atoms with van der Waals surface area (Å²) in [5.74, 6) is 0. The predicted molar refractivity (Wildman–Crippen MR) is 76.0 cm³/mol. The Morgan fingerprint density at radius 1 is 1.26 bits per heavy atom. The number of hydrogen-bond donors (Lipinski definition) is 0. The van der Waals surface area contributed by atoms with Crippen LogP contribution in [0.15, 0.2) is 47.4 Å². The molecule has 0 N–H and O–H groups in total. The minimum absolute atomic E-state index is 0.0365. The van der Waals surface area contributed by atoms with Gasteiger partial charge in [0, 0.05) is 17.8 Å². The summed E-state index contributed by atoms with van der Waals surface area (Å²) in [6.07, 6.45) is 1.68. The molecule has 3 rings (SSSR count). The van der Waals surface area contributed by atoms with Gasteiger partial charge < -0.3 is 0 Å². The van der Waals surface area contributed by atoms with Crippen molar-refractivity contribution in [3.05, 3.63) is 58.0 Å². The molecule has 96 valence electrons. The van der Waals surface area contributed by atoms with Crippen molar-refractivity contribution in [2.24, 2.45) is 0 Å². The summed E-state index contributed by atoms with van der Waals surface area (Å²) in [6.45, 7) is 2.50. The Balaban J connectivity index is 2.43. The molecule has 0 fully saturated rings. The van der Waals surface area contributed by atoms with Crippen LogP contribution >= 0.6 is 11.6 Å². The Morgan fingerprint density at radius 2 is 2.11 bits per heavy atom. The zero-order chi connectivity index (χ0) is 13.4. The Bertz CT molecular complexity index is 804. The van der Waals surface area contributed by atoms with Crippen molar-refractivity contribution in [1.82, 2.24) is 14.3 Å². The largest absolute Gasteiger partial charge is 0.276 e. The molecule has 0 radical (unpaired) electrons. The highest BCUT2D eigenvalue weighted by Gasteiger charge is 2.14. The van der Waals surface area contributed by atoms with Crippen LogP contribution in [-0.4, -0.2) is 14.3 Å². The van der Waals surface area contributed by atoms with Crippen molar-refractivity contribution in [2.75, 3.05) is 0 Å². The van der Waals surface area contributed by atoms with Crippen LogP contribution in [0, 0.1) is 0 Å². The lowest BCUT2D eigenvalue weighted by Crippen LogP contribution is -2.21. The highest BCUT2D eigenvalue weighted by Crippen LogP contribution is 2.18. The van der Waals surface area contributed by atoms with Gasteiger partial charge in [0.15, 0.2) is 5.65 Å². The zero-order valence-corrected chi connectivity index (χ0v) is 11.1. The first kappa shape index (κ1) is 12.0. The summed E-state index contributed by atoms with van der Waals surface area (Å²) in [5.41, 5.74) is 1.45. The molecule has 0 aliphatic rings. The molecular formula is C14H12ClN3O. The van der Waals surface area contributed by atoms with Crippen LogP contribution in [0.4, 0.5) is 0 Å². The van der Waals surface area contributed by atoms with Gasteiger partial charge in [-0.05, 0) is 37.3 Å². The van der Waals surface area contributed by atoms with E-state index in [-0.39, 0.29) is 5.56 Å². The minimum Gasteiger partial charge on any atom is -0.267 e. The second kappa shape index (κ2) is 4.55. The molecule has 1 aromatic carbocycles. The SMILES string of the molecule is CCn1c(=O)c2cccnc2n1-c1cccc(Cl)c1. The van der Waals surface area contributed by atoms with E-state index in [1.54, 1.807) is 29.1 Å². The van der Waals surface area contributed by atoms with Crippen molar-refractivity contribution in [3.8, 4) is 5.69 Å². The lowest BCUT2D eigenvalue weighted by atomic mass is 10.3. The van der Waals surface area contributed by atoms with E-state index in [0.29, 0.717) is 22.6 Å². The summed E-state index contributed by atoms with van der Waals surface area (Å²) < 4.78 is 3.47. The molecule has 0 saturated carbocycles. The molecule has 2 aromatic heterocycles. The number of fused-ring (bicyclic) bond motifs is 1. The van der Waals surface area contributed by atoms with Crippen molar-refractivity contribution >= 4 is 22.6 Å². The van der Waals surface area contributed by atoms with Crippen LogP contribution in [-0.2, 0) is 6.54 Å². The number of hydrogen-bond acceptors (Lipinski definition) is 2. The number of benzene rings is 1. The van der Waals surface area contributed by atoms with E-state index >= 15 is 0 Å². The Labute approximate surface area is 114 Å². The van der Waals surface area contributed by atoms with E-state index in [4.69, 9.17) is 11.6 Å². The summed E-state index contributed by atoms with van der Waals surface area (Å²) in [5, 5.41) is 1.25. The number of rotatable bonds is 2. The molecule has 19 heavy (non-hydrogen) atoms. The molecule has 5 heteroatoms. The first-order valence-electron chi connectivity index (χ1n) is 6.05. The standard InChI is InChI=1S/C14H12ClN3O/c1-2-17-14(19)12-7-4-8-16-13(12)18(17)11-6-3-5-10(15)9-11/h3-9H,2H2,1H3. The fourth-order valence-corrected chi connectivity index (χ4v) is 2.42. The maximum absolute atomic E-state index is 12.3. The van der Waals surface area contributed by atoms with E-state index in [1.165, 1.54) is 0 Å². The Hall–Kier alpha value is -2.07. The zero-order valence-electron chi connectivity index (χ0n) is 10.4. The van der Waals surface area contributed by atoms with Gasteiger partial charge in [-0.15, -0.1) is 0 Å². The van der Waals surface area contributed by atoms with Crippen LogP contribution in [0.25, 0.3) is 16.7 Å². The lowest BCUT2D eigenvalue weighted by Gasteiger charge is -2.10. The van der Waals surface area contributed by atoms with Gasteiger partial charge in [-0.1, -0.05) is 17.7 Å². The van der Waals surface area contributed by atoms with Gasteiger partial charge in [0.25, 0.3) is 5.56 Å². The van der Waals surface area contributed by atoms with E-state index < -0.39 is 0 Å². The van der Waals surface area contributed by atoms with Crippen molar-refractivity contribution in [1.29, 1.82) is 0 Å². The van der Waals surface area contributed by atoms with Gasteiger partial charge in [0.1, 0.15) is 0 Å². The fourth-order valence-electron chi connectivity index (χ4n) is 2.23. The fraction of sp³-hybridized carbons (Fsp3) is 0.143. The topological polar surface area (TPSA) is 39.8 Å². The lowest BCUT2D eigenvalue weighted by molar-refractivity contribution is 0.575. The maximum Gasteiger partial charge on any atom is 0.276 e. The molecule has 0 bridgehead atoms. The van der Waals surface area contributed by atoms with E-state index in [1.807, 2.05) is 29.8 Å². The maximum atomic E-state index is 12.3. The third kappa shape index (κ3) is 1.85. The smallest absolute Gasteiger partial charge is 0.267 e. The monoisotopic (exact) mass is 273 g/mol. The molecular weight excluding hydrogens is 262 g/mol. The average Bonchev–Trinajstić information content (AvgIpc) is 2.72. The first-order valence-corrected chi connectivity index (χ1v) is 6.42. The first-order chi connectivity index (χ1) is 9.22. The third-order valence-corrected chi connectivity index (χ3v) is 3.28. The Morgan fingerprint density at radius 3 is 2.84 bits per heavy atom. The average molecular weight is 274 g/mol. The molecule has 0 amide bonds. The van der Waals surface area contributed by atoms with Crippen LogP contribution in [0.5, 0.6) is 0 Å². The summed E-state index contributed by atoms with van der Waals surface area (Å²) in [4.78, 5) is 16.6. The number of aromatic nitrogens is 3. The number of pyridine rings is 1. The van der Waals surface area contributed by atoms with Gasteiger partial charge in [-0.25, -0.2) is 14.3 Å². The van der Waals surface area contributed by atoms with Gasteiger partial charge >= 0.3 is 0 Å². The van der Waals surface area contributed by atoms with Gasteiger partial charge in [0.05, 0.1) is 11.1 Å². The summed E-state index contributed by atoms with van der Waals surface area (Å²) in [7, 11) is 0. The summed E-state index contributed by atoms with van der Waals surface area (Å²) >= 11 is 6.03. The molecule has 0 aliphatic heterocycles. The van der Waals surface area contributed by atoms with Crippen molar-refractivity contribution < 1.29 is 0 Å². The van der Waals surface area contributed by atoms with E-state index in [9.17, 15) is 4.79 Å². The van der Waals surface area contributed by atoms with Gasteiger partial charge in [-0.2, -0.15) is 0 Å². The van der Waals surface area contributed by atoms with Gasteiger partial charge in [-0.3, -0.25) is 4.79 Å². The van der Waals surface area contributed by atoms with Crippen LogP contribution in [0.3, 0.4) is 0 Å². The van der Waals surface area contributed by atoms with E-state index in [2.05, 4.69) is 4.98 Å². The highest BCUT2D eigenvalue weighted by atomic mass is 35.5. The molecule has 2 heterocycles. The van der Waals surface area contributed by atoms with E-state index in [0.717, 1.165) is 5.69 Å². The third-order valence-electron chi connectivity index (χ3n) is 3.05. The molecule has 3 aromatic rings. The van der Waals surface area contributed by atoms with Gasteiger partial charge in [0.2, 0.25) is 0 Å². The normalized spacial score (nSPS) is 11.1. The quantitative estimate of drug-likeness (QED) is 0.720. The minimum atomic E-state index is -0.0365. The Kier molecular flexibility index (Phi) is 2.87. The molecule has 4 nitrogen and oxygen atoms in total. The van der Waals surface area contributed by atoms with Crippen LogP contribution in [0.2, 0.25) is 5.02 Å². The second-order valence-corrected chi connectivity index (χ2v) is 4.62. The van der Waals surface area contributed by atoms with Crippen molar-refractivity contribution in [3.63, 3.8) is 0 Å². The van der Waals surface area contributed by atoms with Crippen LogP contribution < -0.4 is 5.56 Å². The second-order valence-electron chi connectivity index (χ2n) is 4.19. The molecule has 0 spiro atoms. The molecule has 0 unspecified atom stereocenters. The van der Waals surface area contributed by atoms with Crippen molar-refractivity contribution in [2.45, 2.75) is 13.5 Å². The predicted octanol–water partition coefficient (Wildman–Crippen LogP) is 2.86. The molecule has 0 aliphatic carbocycles. The number of nitrogens with zero attached hydrogens (tertiary/aromatic N) is 3. The molecule has 0 saturated heterocycles. The molecule has 0 atom stereocenters. The van der Waals surface area contributed by atoms with Crippen LogP contribution in [0.1, 0.15) is 6.92 Å². The number of halogens is 1. The highest BCUT2D eigenvalue weighted by molar-refractivity contribution is 6.30.